The van der Waals surface area contributed by atoms with E-state index in [2.05, 4.69) is 11.7 Å². The van der Waals surface area contributed by atoms with Gasteiger partial charge in [-0.25, -0.2) is 4.68 Å². The summed E-state index contributed by atoms with van der Waals surface area (Å²) in [7, 11) is 3.41. The zero-order valence-corrected chi connectivity index (χ0v) is 13.7. The number of aromatic nitrogens is 2. The Morgan fingerprint density at radius 3 is 2.44 bits per heavy atom. The Balaban J connectivity index is 0.00000289. The van der Waals surface area contributed by atoms with Crippen LogP contribution in [0.3, 0.4) is 0 Å². The number of rotatable bonds is 4. The third-order valence-electron chi connectivity index (χ3n) is 2.19. The van der Waals surface area contributed by atoms with Crippen LogP contribution in [0, 0.1) is 0 Å². The van der Waals surface area contributed by atoms with E-state index in [0.29, 0.717) is 5.69 Å². The SMILES string of the molecule is C=C(Cn1ncc(N(C)C)cc1=O)[B-](F)(F)F.[K+]. The van der Waals surface area contributed by atoms with E-state index in [0.717, 1.165) is 4.68 Å². The van der Waals surface area contributed by atoms with E-state index >= 15 is 0 Å². The second-order valence-corrected chi connectivity index (χ2v) is 3.84. The molecule has 94 valence electrons. The van der Waals surface area contributed by atoms with Crippen LogP contribution in [0.1, 0.15) is 0 Å². The molecule has 18 heavy (non-hydrogen) atoms. The zero-order chi connectivity index (χ0) is 13.2. The van der Waals surface area contributed by atoms with Crippen molar-refractivity contribution in [3.05, 3.63) is 34.7 Å². The summed E-state index contributed by atoms with van der Waals surface area (Å²) in [6.07, 6.45) is 1.33. The summed E-state index contributed by atoms with van der Waals surface area (Å²) in [6, 6.07) is 1.23. The average molecular weight is 285 g/mol. The number of allylic oxidation sites excluding steroid dienone is 1. The molecule has 0 saturated carbocycles. The number of anilines is 1. The van der Waals surface area contributed by atoms with E-state index < -0.39 is 24.6 Å². The summed E-state index contributed by atoms with van der Waals surface area (Å²) in [4.78, 5) is 13.1. The van der Waals surface area contributed by atoms with Gasteiger partial charge in [0, 0.05) is 26.7 Å². The van der Waals surface area contributed by atoms with Crippen LogP contribution in [0.15, 0.2) is 29.1 Å². The van der Waals surface area contributed by atoms with E-state index in [9.17, 15) is 17.7 Å². The first-order valence-electron chi connectivity index (χ1n) is 4.84. The third-order valence-corrected chi connectivity index (χ3v) is 2.19. The van der Waals surface area contributed by atoms with Crippen molar-refractivity contribution in [2.45, 2.75) is 6.54 Å². The number of halogens is 3. The maximum Gasteiger partial charge on any atom is 1.00 e. The molecule has 0 spiro atoms. The number of hydrogen-bond acceptors (Lipinski definition) is 3. The minimum Gasteiger partial charge on any atom is -0.445 e. The Labute approximate surface area is 145 Å². The Bertz CT molecular complexity index is 487. The van der Waals surface area contributed by atoms with Crippen LogP contribution in [-0.4, -0.2) is 30.9 Å². The molecular weight excluding hydrogens is 273 g/mol. The molecule has 9 heteroatoms. The molecule has 0 radical (unpaired) electrons. The van der Waals surface area contributed by atoms with Crippen molar-refractivity contribution in [1.29, 1.82) is 0 Å². The molecule has 1 heterocycles. The number of hydrogen-bond donors (Lipinski definition) is 0. The first kappa shape index (κ1) is 17.9. The molecule has 1 aromatic heterocycles. The van der Waals surface area contributed by atoms with Gasteiger partial charge < -0.3 is 17.8 Å². The van der Waals surface area contributed by atoms with Crippen LogP contribution < -0.4 is 61.8 Å². The molecule has 0 N–H and O–H groups in total. The average Bonchev–Trinajstić information content (AvgIpc) is 2.19. The normalized spacial score (nSPS) is 10.7. The molecule has 0 unspecified atom stereocenters. The van der Waals surface area contributed by atoms with Gasteiger partial charge in [-0.05, 0) is 0 Å². The summed E-state index contributed by atoms with van der Waals surface area (Å²) in [5.41, 5.74) is -0.996. The van der Waals surface area contributed by atoms with Crippen molar-refractivity contribution in [3.63, 3.8) is 0 Å². The third kappa shape index (κ3) is 4.89. The van der Waals surface area contributed by atoms with Crippen LogP contribution >= 0.6 is 0 Å². The van der Waals surface area contributed by atoms with Gasteiger partial charge >= 0.3 is 58.4 Å². The van der Waals surface area contributed by atoms with Crippen molar-refractivity contribution >= 4 is 12.7 Å². The molecule has 0 saturated heterocycles. The van der Waals surface area contributed by atoms with Crippen LogP contribution in [0.5, 0.6) is 0 Å². The summed E-state index contributed by atoms with van der Waals surface area (Å²) in [5, 5.41) is 3.66. The minimum atomic E-state index is -5.14. The van der Waals surface area contributed by atoms with E-state index in [1.165, 1.54) is 12.3 Å². The first-order chi connectivity index (χ1) is 7.71. The fraction of sp³-hybridized carbons (Fsp3) is 0.333. The van der Waals surface area contributed by atoms with Crippen LogP contribution in [-0.2, 0) is 6.54 Å². The van der Waals surface area contributed by atoms with Crippen molar-refractivity contribution in [2.24, 2.45) is 0 Å². The van der Waals surface area contributed by atoms with Crippen molar-refractivity contribution in [1.82, 2.24) is 9.78 Å². The Kier molecular flexibility index (Phi) is 6.87. The maximum atomic E-state index is 12.3. The monoisotopic (exact) mass is 285 g/mol. The standard InChI is InChI=1S/C9H12BF3N3O.K/c1-7(10(11,12)13)6-16-9(17)4-8(5-14-16)15(2)3;/h4-5H,1,6H2,2-3H3;/q-1;+1. The van der Waals surface area contributed by atoms with Gasteiger partial charge in [0.1, 0.15) is 0 Å². The summed E-state index contributed by atoms with van der Waals surface area (Å²) in [6.45, 7) is -2.86. The van der Waals surface area contributed by atoms with Crippen LogP contribution in [0.4, 0.5) is 18.6 Å². The van der Waals surface area contributed by atoms with Gasteiger partial charge in [-0.15, -0.1) is 12.1 Å². The molecule has 0 bridgehead atoms. The molecule has 0 fully saturated rings. The zero-order valence-electron chi connectivity index (χ0n) is 10.5. The van der Waals surface area contributed by atoms with Crippen molar-refractivity contribution in [2.75, 3.05) is 19.0 Å². The van der Waals surface area contributed by atoms with Gasteiger partial charge in [0.05, 0.1) is 11.9 Å². The Morgan fingerprint density at radius 1 is 1.50 bits per heavy atom. The first-order valence-corrected chi connectivity index (χ1v) is 4.84. The van der Waals surface area contributed by atoms with Gasteiger partial charge in [-0.2, -0.15) is 5.10 Å². The molecule has 1 rings (SSSR count). The smallest absolute Gasteiger partial charge is 0.445 e. The van der Waals surface area contributed by atoms with Crippen molar-refractivity contribution in [3.8, 4) is 0 Å². The molecule has 0 amide bonds. The topological polar surface area (TPSA) is 38.1 Å². The Morgan fingerprint density at radius 2 is 2.06 bits per heavy atom. The second-order valence-electron chi connectivity index (χ2n) is 3.84. The van der Waals surface area contributed by atoms with Crippen LogP contribution in [0.2, 0.25) is 0 Å². The molecule has 4 nitrogen and oxygen atoms in total. The van der Waals surface area contributed by atoms with Gasteiger partial charge in [-0.1, -0.05) is 0 Å². The quantitative estimate of drug-likeness (QED) is 0.616. The largest absolute Gasteiger partial charge is 1.00 e. The Hall–Kier alpha value is -0.0887. The summed E-state index contributed by atoms with van der Waals surface area (Å²) >= 11 is 0. The molecule has 0 aliphatic heterocycles. The molecule has 0 aliphatic carbocycles. The molecular formula is C9H12BF3KN3O. The van der Waals surface area contributed by atoms with Crippen LogP contribution in [0.25, 0.3) is 0 Å². The maximum absolute atomic E-state index is 12.3. The van der Waals surface area contributed by atoms with Gasteiger partial charge in [0.15, 0.2) is 0 Å². The van der Waals surface area contributed by atoms with Gasteiger partial charge in [-0.3, -0.25) is 4.79 Å². The fourth-order valence-corrected chi connectivity index (χ4v) is 1.08. The molecule has 0 aromatic carbocycles. The summed E-state index contributed by atoms with van der Waals surface area (Å²) < 4.78 is 37.6. The summed E-state index contributed by atoms with van der Waals surface area (Å²) in [5.74, 6) is 0. The van der Waals surface area contributed by atoms with Gasteiger partial charge in [0.25, 0.3) is 5.56 Å². The van der Waals surface area contributed by atoms with E-state index in [-0.39, 0.29) is 51.4 Å². The van der Waals surface area contributed by atoms with E-state index in [1.54, 1.807) is 19.0 Å². The van der Waals surface area contributed by atoms with Gasteiger partial charge in [0.2, 0.25) is 0 Å². The molecule has 0 aliphatic rings. The number of nitrogens with zero attached hydrogens (tertiary/aromatic N) is 3. The predicted molar refractivity (Wildman–Crippen MR) is 61.0 cm³/mol. The molecule has 1 aromatic rings. The second kappa shape index (κ2) is 6.90. The van der Waals surface area contributed by atoms with E-state index in [1.807, 2.05) is 0 Å². The predicted octanol–water partition coefficient (Wildman–Crippen LogP) is -1.74. The van der Waals surface area contributed by atoms with Crippen molar-refractivity contribution < 1.29 is 64.3 Å². The molecule has 0 atom stereocenters. The van der Waals surface area contributed by atoms with E-state index in [4.69, 9.17) is 0 Å². The fourth-order valence-electron chi connectivity index (χ4n) is 1.08. The minimum absolute atomic E-state index is 0.